The molecule has 0 spiro atoms. The molecule has 3 rings (SSSR count). The third-order valence-electron chi connectivity index (χ3n) is 3.74. The first-order chi connectivity index (χ1) is 10.5. The molecular formula is C19H21NOSe. The summed E-state index contributed by atoms with van der Waals surface area (Å²) in [6.07, 6.45) is 0. The van der Waals surface area contributed by atoms with Gasteiger partial charge in [-0.2, -0.15) is 0 Å². The van der Waals surface area contributed by atoms with E-state index in [0.29, 0.717) is 6.61 Å². The molecule has 22 heavy (non-hydrogen) atoms. The SMILES string of the molecule is CC(C)(C)[C@H]1COC(c2ccccc2[Se]c2ccccc2)=N1. The number of nitrogens with zero attached hydrogens (tertiary/aromatic N) is 1. The maximum absolute atomic E-state index is 5.92. The molecule has 2 aromatic carbocycles. The molecular weight excluding hydrogens is 337 g/mol. The van der Waals surface area contributed by atoms with Gasteiger partial charge in [0.25, 0.3) is 0 Å². The zero-order chi connectivity index (χ0) is 15.6. The Morgan fingerprint density at radius 1 is 1.00 bits per heavy atom. The molecule has 0 saturated carbocycles. The van der Waals surface area contributed by atoms with E-state index in [4.69, 9.17) is 9.73 Å². The van der Waals surface area contributed by atoms with Crippen molar-refractivity contribution in [2.75, 3.05) is 6.61 Å². The predicted molar refractivity (Wildman–Crippen MR) is 93.6 cm³/mol. The molecule has 0 bridgehead atoms. The summed E-state index contributed by atoms with van der Waals surface area (Å²) < 4.78 is 8.61. The summed E-state index contributed by atoms with van der Waals surface area (Å²) in [5, 5.41) is 0. The van der Waals surface area contributed by atoms with E-state index in [1.807, 2.05) is 0 Å². The van der Waals surface area contributed by atoms with E-state index in [9.17, 15) is 0 Å². The van der Waals surface area contributed by atoms with Crippen LogP contribution >= 0.6 is 0 Å². The molecule has 0 fully saturated rings. The van der Waals surface area contributed by atoms with Crippen LogP contribution in [-0.2, 0) is 4.74 Å². The quantitative estimate of drug-likeness (QED) is 0.773. The molecule has 1 aliphatic rings. The molecule has 0 aromatic heterocycles. The van der Waals surface area contributed by atoms with Crippen molar-refractivity contribution in [3.63, 3.8) is 0 Å². The average Bonchev–Trinajstić information content (AvgIpc) is 2.99. The van der Waals surface area contributed by atoms with Gasteiger partial charge in [-0.3, -0.25) is 0 Å². The molecule has 3 heteroatoms. The third kappa shape index (κ3) is 3.43. The van der Waals surface area contributed by atoms with Crippen LogP contribution in [0, 0.1) is 5.41 Å². The Morgan fingerprint density at radius 3 is 2.36 bits per heavy atom. The van der Waals surface area contributed by atoms with Crippen LogP contribution in [0.5, 0.6) is 0 Å². The fourth-order valence-corrected chi connectivity index (χ4v) is 4.32. The molecule has 2 aromatic rings. The van der Waals surface area contributed by atoms with Gasteiger partial charge in [-0.05, 0) is 0 Å². The van der Waals surface area contributed by atoms with Gasteiger partial charge in [0.1, 0.15) is 0 Å². The number of hydrogen-bond acceptors (Lipinski definition) is 2. The summed E-state index contributed by atoms with van der Waals surface area (Å²) in [5.74, 6) is 0.813. The van der Waals surface area contributed by atoms with Crippen molar-refractivity contribution in [1.82, 2.24) is 0 Å². The van der Waals surface area contributed by atoms with Gasteiger partial charge >= 0.3 is 139 Å². The fraction of sp³-hybridized carbons (Fsp3) is 0.316. The van der Waals surface area contributed by atoms with Crippen LogP contribution in [0.3, 0.4) is 0 Å². The van der Waals surface area contributed by atoms with Crippen molar-refractivity contribution in [3.8, 4) is 0 Å². The average molecular weight is 358 g/mol. The second-order valence-corrected chi connectivity index (χ2v) is 8.88. The van der Waals surface area contributed by atoms with Crippen LogP contribution in [0.1, 0.15) is 26.3 Å². The second-order valence-electron chi connectivity index (χ2n) is 6.54. The van der Waals surface area contributed by atoms with Crippen molar-refractivity contribution in [2.24, 2.45) is 10.4 Å². The van der Waals surface area contributed by atoms with Crippen molar-refractivity contribution >= 4 is 29.8 Å². The Bertz CT molecular complexity index is 673. The fourth-order valence-electron chi connectivity index (χ4n) is 2.31. The second kappa shape index (κ2) is 6.27. The molecule has 114 valence electrons. The number of aliphatic imine (C=N–C) groups is 1. The first-order valence-electron chi connectivity index (χ1n) is 7.57. The van der Waals surface area contributed by atoms with Gasteiger partial charge in [-0.25, -0.2) is 0 Å². The van der Waals surface area contributed by atoms with Crippen molar-refractivity contribution < 1.29 is 4.74 Å². The summed E-state index contributed by atoms with van der Waals surface area (Å²) in [4.78, 5) is 4.84. The van der Waals surface area contributed by atoms with Crippen LogP contribution in [0.15, 0.2) is 59.6 Å². The third-order valence-corrected chi connectivity index (χ3v) is 6.01. The zero-order valence-corrected chi connectivity index (χ0v) is 15.0. The van der Waals surface area contributed by atoms with E-state index < -0.39 is 0 Å². The van der Waals surface area contributed by atoms with Crippen molar-refractivity contribution in [3.05, 3.63) is 60.2 Å². The predicted octanol–water partition coefficient (Wildman–Crippen LogP) is 2.53. The Morgan fingerprint density at radius 2 is 1.68 bits per heavy atom. The van der Waals surface area contributed by atoms with Gasteiger partial charge < -0.3 is 0 Å². The van der Waals surface area contributed by atoms with Gasteiger partial charge in [0.15, 0.2) is 0 Å². The maximum atomic E-state index is 5.92. The van der Waals surface area contributed by atoms with Crippen LogP contribution in [0.2, 0.25) is 0 Å². The number of ether oxygens (including phenoxy) is 1. The van der Waals surface area contributed by atoms with E-state index in [1.54, 1.807) is 0 Å². The van der Waals surface area contributed by atoms with Crippen LogP contribution in [0.25, 0.3) is 0 Å². The van der Waals surface area contributed by atoms with E-state index >= 15 is 0 Å². The van der Waals surface area contributed by atoms with Crippen LogP contribution < -0.4 is 8.92 Å². The summed E-state index contributed by atoms with van der Waals surface area (Å²) in [6, 6.07) is 19.3. The molecule has 0 unspecified atom stereocenters. The van der Waals surface area contributed by atoms with Crippen LogP contribution in [0.4, 0.5) is 0 Å². The molecule has 1 aliphatic heterocycles. The van der Waals surface area contributed by atoms with Gasteiger partial charge in [0.05, 0.1) is 0 Å². The number of benzene rings is 2. The molecule has 0 saturated heterocycles. The Hall–Kier alpha value is -1.57. The molecule has 0 N–H and O–H groups in total. The first-order valence-corrected chi connectivity index (χ1v) is 9.28. The number of rotatable bonds is 3. The monoisotopic (exact) mass is 359 g/mol. The summed E-state index contributed by atoms with van der Waals surface area (Å²) in [6.45, 7) is 7.33. The summed E-state index contributed by atoms with van der Waals surface area (Å²) in [5.41, 5.74) is 1.29. The van der Waals surface area contributed by atoms with Gasteiger partial charge in [0, 0.05) is 0 Å². The Balaban J connectivity index is 1.89. The first kappa shape index (κ1) is 15.3. The molecule has 0 amide bonds. The minimum atomic E-state index is 0.140. The van der Waals surface area contributed by atoms with Gasteiger partial charge in [-0.15, -0.1) is 0 Å². The Labute approximate surface area is 138 Å². The topological polar surface area (TPSA) is 21.6 Å². The Kier molecular flexibility index (Phi) is 4.37. The van der Waals surface area contributed by atoms with Crippen molar-refractivity contribution in [2.45, 2.75) is 26.8 Å². The molecule has 0 aliphatic carbocycles. The van der Waals surface area contributed by atoms with E-state index in [1.165, 1.54) is 8.92 Å². The molecule has 2 nitrogen and oxygen atoms in total. The normalized spacial score (nSPS) is 18.0. The van der Waals surface area contributed by atoms with Gasteiger partial charge in [0.2, 0.25) is 0 Å². The summed E-state index contributed by atoms with van der Waals surface area (Å²) in [7, 11) is 0. The molecule has 0 radical (unpaired) electrons. The minimum absolute atomic E-state index is 0.140. The summed E-state index contributed by atoms with van der Waals surface area (Å²) >= 11 is 0.267. The molecule has 1 heterocycles. The van der Waals surface area contributed by atoms with E-state index in [2.05, 4.69) is 75.4 Å². The van der Waals surface area contributed by atoms with Crippen LogP contribution in [-0.4, -0.2) is 33.5 Å². The van der Waals surface area contributed by atoms with Gasteiger partial charge in [-0.1, -0.05) is 0 Å². The standard InChI is InChI=1S/C19H21NOSe/c1-19(2,3)17-13-21-18(20-17)15-11-7-8-12-16(15)22-14-9-5-4-6-10-14/h4-12,17H,13H2,1-3H3/t17-/m1/s1. The van der Waals surface area contributed by atoms with E-state index in [-0.39, 0.29) is 26.4 Å². The number of hydrogen-bond donors (Lipinski definition) is 0. The molecule has 1 atom stereocenters. The van der Waals surface area contributed by atoms with E-state index in [0.717, 1.165) is 11.5 Å². The van der Waals surface area contributed by atoms with Crippen molar-refractivity contribution in [1.29, 1.82) is 0 Å². The zero-order valence-electron chi connectivity index (χ0n) is 13.2.